The molecule has 0 bridgehead atoms. The van der Waals surface area contributed by atoms with Gasteiger partial charge in [-0.25, -0.2) is 13.7 Å². The summed E-state index contributed by atoms with van der Waals surface area (Å²) in [5.74, 6) is -0.912. The minimum absolute atomic E-state index is 0.0243. The summed E-state index contributed by atoms with van der Waals surface area (Å²) >= 11 is 0. The van der Waals surface area contributed by atoms with Gasteiger partial charge in [-0.1, -0.05) is 0 Å². The fourth-order valence-electron chi connectivity index (χ4n) is 1.36. The number of aldehydes is 1. The van der Waals surface area contributed by atoms with E-state index in [2.05, 4.69) is 9.05 Å². The Balaban J connectivity index is -0.000000799. The van der Waals surface area contributed by atoms with E-state index in [0.29, 0.717) is 12.7 Å². The Morgan fingerprint density at radius 1 is 0.882 bits per heavy atom. The van der Waals surface area contributed by atoms with E-state index in [4.69, 9.17) is 54.6 Å². The maximum atomic E-state index is 11.2. The number of Topliss-reactive ketones (excluding diaryl/α,β-unsaturated/α-hetero) is 1. The highest BCUT2D eigenvalue weighted by Crippen LogP contribution is 2.39. The van der Waals surface area contributed by atoms with Crippen LogP contribution in [0.15, 0.2) is 0 Å². The molecule has 0 amide bonds. The van der Waals surface area contributed by atoms with Gasteiger partial charge in [0, 0.05) is 26.2 Å². The number of phosphoric ester groups is 2. The van der Waals surface area contributed by atoms with E-state index in [-0.39, 0.29) is 32.8 Å². The molecule has 0 heterocycles. The Morgan fingerprint density at radius 3 is 1.71 bits per heavy atom. The number of carbonyl (C=O) groups is 2. The molecule has 9 N–H and O–H groups in total. The molecule has 0 aromatic heterocycles. The number of phosphoric acid groups is 2. The first kappa shape index (κ1) is 37.8. The molecule has 3 atom stereocenters. The Hall–Kier alpha value is -0.720. The molecule has 0 aliphatic heterocycles. The zero-order valence-corrected chi connectivity index (χ0v) is 20.1. The highest BCUT2D eigenvalue weighted by molar-refractivity contribution is 7.46. The predicted octanol–water partition coefficient (Wildman–Crippen LogP) is -3.20. The van der Waals surface area contributed by atoms with Crippen molar-refractivity contribution in [2.75, 3.05) is 46.2 Å². The number of rotatable bonds is 17. The molecule has 0 aromatic rings. The van der Waals surface area contributed by atoms with Gasteiger partial charge >= 0.3 is 15.6 Å². The van der Waals surface area contributed by atoms with E-state index < -0.39 is 59.7 Å². The van der Waals surface area contributed by atoms with Crippen molar-refractivity contribution in [3.05, 3.63) is 0 Å². The normalized spacial score (nSPS) is 14.1. The quantitative estimate of drug-likeness (QED) is 0.0491. The van der Waals surface area contributed by atoms with Crippen LogP contribution in [0.2, 0.25) is 0 Å². The number of ketones is 1. The molecule has 206 valence electrons. The molecule has 3 unspecified atom stereocenters. The van der Waals surface area contributed by atoms with Gasteiger partial charge in [0.15, 0.2) is 5.78 Å². The third-order valence-corrected chi connectivity index (χ3v) is 3.71. The second kappa shape index (κ2) is 22.7. The molecular weight excluding hydrogens is 514 g/mol. The van der Waals surface area contributed by atoms with Crippen molar-refractivity contribution in [3.8, 4) is 0 Å². The van der Waals surface area contributed by atoms with E-state index in [0.717, 1.165) is 6.92 Å². The highest BCUT2D eigenvalue weighted by atomic mass is 31.2. The fraction of sp³-hybridized carbons (Fsp3) is 0.867. The molecule has 0 aliphatic rings. The van der Waals surface area contributed by atoms with Crippen molar-refractivity contribution < 1.29 is 82.3 Å². The Kier molecular flexibility index (Phi) is 25.3. The van der Waals surface area contributed by atoms with Gasteiger partial charge in [-0.3, -0.25) is 9.32 Å². The van der Waals surface area contributed by atoms with Gasteiger partial charge in [0.25, 0.3) is 0 Å². The molecule has 34 heavy (non-hydrogen) atoms. The van der Waals surface area contributed by atoms with Crippen LogP contribution in [-0.2, 0) is 37.2 Å². The third-order valence-electron chi connectivity index (χ3n) is 2.67. The smallest absolute Gasteiger partial charge is 0.396 e. The largest absolute Gasteiger partial charge is 0.472 e. The summed E-state index contributed by atoms with van der Waals surface area (Å²) in [6.07, 6.45) is -3.24. The number of aliphatic hydroxyl groups is 5. The minimum atomic E-state index is -5.05. The van der Waals surface area contributed by atoms with Crippen LogP contribution in [0, 0.1) is 0 Å². The van der Waals surface area contributed by atoms with Crippen molar-refractivity contribution in [1.82, 2.24) is 0 Å². The first-order valence-electron chi connectivity index (χ1n) is 9.40. The molecule has 17 nitrogen and oxygen atoms in total. The number of ether oxygens (including phenoxy) is 2. The lowest BCUT2D eigenvalue weighted by atomic mass is 10.4. The van der Waals surface area contributed by atoms with Crippen molar-refractivity contribution in [3.63, 3.8) is 0 Å². The molecule has 19 heteroatoms. The first-order chi connectivity index (χ1) is 15.7. The lowest BCUT2D eigenvalue weighted by Gasteiger charge is -2.22. The van der Waals surface area contributed by atoms with Crippen LogP contribution < -0.4 is 0 Å². The van der Waals surface area contributed by atoms with Gasteiger partial charge in [-0.05, 0) is 13.3 Å². The van der Waals surface area contributed by atoms with Gasteiger partial charge < -0.3 is 59.4 Å². The summed E-state index contributed by atoms with van der Waals surface area (Å²) < 4.78 is 39.6. The summed E-state index contributed by atoms with van der Waals surface area (Å²) in [5, 5.41) is 41.3. The average molecular weight is 548 g/mol. The molecule has 0 aliphatic carbocycles. The van der Waals surface area contributed by atoms with Gasteiger partial charge in [0.1, 0.15) is 18.5 Å². The summed E-state index contributed by atoms with van der Waals surface area (Å²) in [6, 6.07) is 0. The maximum absolute atomic E-state index is 11.2. The lowest BCUT2D eigenvalue weighted by molar-refractivity contribution is -0.158. The van der Waals surface area contributed by atoms with E-state index in [1.54, 1.807) is 0 Å². The van der Waals surface area contributed by atoms with Crippen molar-refractivity contribution in [2.24, 2.45) is 0 Å². The zero-order valence-electron chi connectivity index (χ0n) is 18.4. The molecule has 0 spiro atoms. The molecule has 0 saturated heterocycles. The molecule has 0 fully saturated rings. The Labute approximate surface area is 195 Å². The molecular formula is C15H34O17P2. The standard InChI is InChI=1S/C9H20O13P2.C3H8O2.C3H6O2/c1-6(11)9(22-24(16,17)18)20-5-8(21-23(13,14)15)4-19-3-7(12)2-10;2*4-2-1-3-5/h7-10,12H,2-5H2,1H3,(H2,13,14,15)(H2,16,17,18);4-5H,1-3H2;2,5H,1,3H2. The van der Waals surface area contributed by atoms with E-state index in [1.165, 1.54) is 0 Å². The van der Waals surface area contributed by atoms with E-state index in [9.17, 15) is 18.7 Å². The van der Waals surface area contributed by atoms with Gasteiger partial charge in [0.05, 0.1) is 26.4 Å². The van der Waals surface area contributed by atoms with Crippen LogP contribution in [0.1, 0.15) is 19.8 Å². The summed E-state index contributed by atoms with van der Waals surface area (Å²) in [7, 11) is -10.0. The van der Waals surface area contributed by atoms with E-state index in [1.807, 2.05) is 0 Å². The molecule has 0 aromatic carbocycles. The number of hydrogen-bond donors (Lipinski definition) is 9. The maximum Gasteiger partial charge on any atom is 0.472 e. The zero-order chi connectivity index (χ0) is 27.2. The van der Waals surface area contributed by atoms with Crippen LogP contribution in [0.4, 0.5) is 0 Å². The van der Waals surface area contributed by atoms with Crippen LogP contribution >= 0.6 is 15.6 Å². The van der Waals surface area contributed by atoms with Crippen LogP contribution in [0.5, 0.6) is 0 Å². The predicted molar refractivity (Wildman–Crippen MR) is 111 cm³/mol. The topological polar surface area (TPSA) is 287 Å². The first-order valence-corrected chi connectivity index (χ1v) is 12.5. The number of aliphatic hydroxyl groups excluding tert-OH is 5. The SMILES string of the molecule is CC(=O)C(OCC(COCC(O)CO)OP(=O)(O)O)OP(=O)(O)O.O=CCCO.OCCCO. The van der Waals surface area contributed by atoms with Gasteiger partial charge in [-0.2, -0.15) is 0 Å². The van der Waals surface area contributed by atoms with Gasteiger partial charge in [0.2, 0.25) is 6.29 Å². The molecule has 0 saturated carbocycles. The average Bonchev–Trinajstić information content (AvgIpc) is 2.70. The summed E-state index contributed by atoms with van der Waals surface area (Å²) in [5.41, 5.74) is 0. The van der Waals surface area contributed by atoms with Crippen LogP contribution in [-0.4, -0.2) is 122 Å². The van der Waals surface area contributed by atoms with Crippen LogP contribution in [0.25, 0.3) is 0 Å². The second-order valence-electron chi connectivity index (χ2n) is 5.94. The third kappa shape index (κ3) is 31.3. The molecule has 0 rings (SSSR count). The van der Waals surface area contributed by atoms with Crippen molar-refractivity contribution in [2.45, 2.75) is 38.3 Å². The highest BCUT2D eigenvalue weighted by Gasteiger charge is 2.29. The summed E-state index contributed by atoms with van der Waals surface area (Å²) in [6.45, 7) is -1.17. The van der Waals surface area contributed by atoms with Gasteiger partial charge in [-0.15, -0.1) is 0 Å². The number of carbonyl (C=O) groups excluding carboxylic acids is 2. The minimum Gasteiger partial charge on any atom is -0.396 e. The monoisotopic (exact) mass is 548 g/mol. The summed E-state index contributed by atoms with van der Waals surface area (Å²) in [4.78, 5) is 55.3. The van der Waals surface area contributed by atoms with Crippen molar-refractivity contribution >= 4 is 27.7 Å². The Bertz CT molecular complexity index is 589. The second-order valence-corrected chi connectivity index (χ2v) is 8.33. The lowest BCUT2D eigenvalue weighted by Crippen LogP contribution is -2.33. The fourth-order valence-corrected chi connectivity index (χ4v) is 2.33. The van der Waals surface area contributed by atoms with Crippen molar-refractivity contribution in [1.29, 1.82) is 0 Å². The Morgan fingerprint density at radius 2 is 1.41 bits per heavy atom. The molecule has 0 radical (unpaired) electrons. The van der Waals surface area contributed by atoms with E-state index >= 15 is 0 Å². The number of hydrogen-bond acceptors (Lipinski definition) is 13. The van der Waals surface area contributed by atoms with Crippen LogP contribution in [0.3, 0.4) is 0 Å².